The Morgan fingerprint density at radius 1 is 1.03 bits per heavy atom. The van der Waals surface area contributed by atoms with E-state index >= 15 is 0 Å². The molecule has 1 rings (SSSR count). The fraction of sp³-hybridized carbons (Fsp3) is 0.680. The van der Waals surface area contributed by atoms with Crippen LogP contribution in [-0.4, -0.2) is 65.2 Å². The number of ether oxygens (including phenoxy) is 1. The molecular weight excluding hydrogens is 422 g/mol. The van der Waals surface area contributed by atoms with E-state index in [9.17, 15) is 19.8 Å². The minimum absolute atomic E-state index is 0.00778. The summed E-state index contributed by atoms with van der Waals surface area (Å²) in [6.07, 6.45) is -0.986. The van der Waals surface area contributed by atoms with Crippen LogP contribution in [0.2, 0.25) is 0 Å². The summed E-state index contributed by atoms with van der Waals surface area (Å²) in [6.45, 7) is 11.7. The van der Waals surface area contributed by atoms with Gasteiger partial charge in [-0.05, 0) is 45.1 Å². The molecule has 1 aromatic carbocycles. The summed E-state index contributed by atoms with van der Waals surface area (Å²) in [5.41, 5.74) is 0.267. The molecule has 0 radical (unpaired) electrons. The van der Waals surface area contributed by atoms with Crippen molar-refractivity contribution in [2.45, 2.75) is 90.7 Å². The fourth-order valence-electron chi connectivity index (χ4n) is 3.28. The third-order valence-electron chi connectivity index (χ3n) is 4.95. The summed E-state index contributed by atoms with van der Waals surface area (Å²) >= 11 is 0. The quantitative estimate of drug-likeness (QED) is 0.305. The highest BCUT2D eigenvalue weighted by atomic mass is 16.6. The van der Waals surface area contributed by atoms with Crippen molar-refractivity contribution in [2.75, 3.05) is 13.1 Å². The zero-order valence-corrected chi connectivity index (χ0v) is 20.9. The first kappa shape index (κ1) is 28.9. The third-order valence-corrected chi connectivity index (χ3v) is 4.95. The topological polar surface area (TPSA) is 120 Å². The fourth-order valence-corrected chi connectivity index (χ4v) is 3.28. The molecule has 0 bridgehead atoms. The minimum Gasteiger partial charge on any atom is -0.444 e. The highest BCUT2D eigenvalue weighted by Gasteiger charge is 2.29. The number of hydrogen-bond acceptors (Lipinski definition) is 6. The number of nitrogens with one attached hydrogen (secondary N) is 3. The Morgan fingerprint density at radius 3 is 2.21 bits per heavy atom. The van der Waals surface area contributed by atoms with Gasteiger partial charge in [-0.2, -0.15) is 0 Å². The van der Waals surface area contributed by atoms with E-state index in [0.717, 1.165) is 12.0 Å². The maximum absolute atomic E-state index is 12.7. The van der Waals surface area contributed by atoms with Gasteiger partial charge in [0.05, 0.1) is 18.2 Å². The molecule has 0 spiro atoms. The van der Waals surface area contributed by atoms with Gasteiger partial charge >= 0.3 is 6.09 Å². The molecule has 1 unspecified atom stereocenters. The molecule has 8 nitrogen and oxygen atoms in total. The summed E-state index contributed by atoms with van der Waals surface area (Å²) in [7, 11) is 0. The van der Waals surface area contributed by atoms with E-state index in [1.54, 1.807) is 20.8 Å². The van der Waals surface area contributed by atoms with E-state index in [1.165, 1.54) is 0 Å². The molecule has 4 atom stereocenters. The van der Waals surface area contributed by atoms with Crippen LogP contribution < -0.4 is 16.0 Å². The molecule has 0 heterocycles. The van der Waals surface area contributed by atoms with Crippen LogP contribution in [0.5, 0.6) is 0 Å². The second-order valence-electron chi connectivity index (χ2n) is 9.89. The molecule has 0 aliphatic heterocycles. The molecule has 8 heteroatoms. The molecule has 0 fully saturated rings. The van der Waals surface area contributed by atoms with Crippen molar-refractivity contribution in [1.82, 2.24) is 16.0 Å². The first-order valence-electron chi connectivity index (χ1n) is 11.8. The number of aliphatic hydroxyl groups is 2. The van der Waals surface area contributed by atoms with Gasteiger partial charge in [-0.1, -0.05) is 57.5 Å². The lowest BCUT2D eigenvalue weighted by Crippen LogP contribution is -2.56. The van der Waals surface area contributed by atoms with Crippen molar-refractivity contribution in [2.24, 2.45) is 5.92 Å². The standard InChI is InChI=1S/C25H43N3O5/c1-7-11-20(29)22(23(31)27-15-17(2)3)26-16-21(30)19(14-18-12-9-8-10-13-18)28-24(32)33-25(4,5)6/h8-10,12-13,17,19-22,26,29-30H,7,11,14-16H2,1-6H3,(H,27,31)(H,28,32)/t19-,20?,21+,22+/m0/s1. The van der Waals surface area contributed by atoms with Crippen molar-refractivity contribution in [3.8, 4) is 0 Å². The monoisotopic (exact) mass is 465 g/mol. The summed E-state index contributed by atoms with van der Waals surface area (Å²) < 4.78 is 5.36. The Labute approximate surface area is 198 Å². The predicted octanol–water partition coefficient (Wildman–Crippen LogP) is 2.37. The molecule has 2 amide bonds. The van der Waals surface area contributed by atoms with Gasteiger partial charge in [-0.25, -0.2) is 4.79 Å². The molecule has 1 aromatic rings. The van der Waals surface area contributed by atoms with Crippen LogP contribution in [0.3, 0.4) is 0 Å². The lowest BCUT2D eigenvalue weighted by atomic mass is 10.00. The van der Waals surface area contributed by atoms with Gasteiger partial charge in [-0.15, -0.1) is 0 Å². The molecule has 0 aliphatic rings. The average molecular weight is 466 g/mol. The highest BCUT2D eigenvalue weighted by Crippen LogP contribution is 2.11. The van der Waals surface area contributed by atoms with Gasteiger partial charge < -0.3 is 30.9 Å². The lowest BCUT2D eigenvalue weighted by Gasteiger charge is -2.29. The molecule has 5 N–H and O–H groups in total. The van der Waals surface area contributed by atoms with E-state index in [4.69, 9.17) is 4.74 Å². The number of aliphatic hydroxyl groups excluding tert-OH is 2. The molecule has 33 heavy (non-hydrogen) atoms. The van der Waals surface area contributed by atoms with Gasteiger partial charge in [0.1, 0.15) is 11.6 Å². The number of carbonyl (C=O) groups is 2. The summed E-state index contributed by atoms with van der Waals surface area (Å²) in [5.74, 6) is -0.0339. The minimum atomic E-state index is -1.02. The maximum Gasteiger partial charge on any atom is 0.407 e. The molecule has 0 aromatic heterocycles. The number of benzene rings is 1. The van der Waals surface area contributed by atoms with Crippen LogP contribution in [0, 0.1) is 5.92 Å². The zero-order valence-electron chi connectivity index (χ0n) is 20.9. The Bertz CT molecular complexity index is 706. The van der Waals surface area contributed by atoms with Crippen LogP contribution in [-0.2, 0) is 16.0 Å². The molecule has 188 valence electrons. The first-order valence-corrected chi connectivity index (χ1v) is 11.8. The van der Waals surface area contributed by atoms with E-state index in [1.807, 2.05) is 51.1 Å². The number of hydrogen-bond donors (Lipinski definition) is 5. The van der Waals surface area contributed by atoms with Crippen molar-refractivity contribution >= 4 is 12.0 Å². The van der Waals surface area contributed by atoms with Crippen molar-refractivity contribution in [1.29, 1.82) is 0 Å². The second kappa shape index (κ2) is 14.2. The number of carbonyl (C=O) groups excluding carboxylic acids is 2. The lowest BCUT2D eigenvalue weighted by molar-refractivity contribution is -0.126. The van der Waals surface area contributed by atoms with Gasteiger partial charge in [0.15, 0.2) is 0 Å². The van der Waals surface area contributed by atoms with E-state index in [0.29, 0.717) is 19.4 Å². The maximum atomic E-state index is 12.7. The third kappa shape index (κ3) is 12.0. The Morgan fingerprint density at radius 2 is 1.67 bits per heavy atom. The molecular formula is C25H43N3O5. The second-order valence-corrected chi connectivity index (χ2v) is 9.89. The SMILES string of the molecule is CCCC(O)[C@@H](NC[C@@H](O)[C@H](Cc1ccccc1)NC(=O)OC(C)(C)C)C(=O)NCC(C)C. The van der Waals surface area contributed by atoms with Crippen molar-refractivity contribution in [3.05, 3.63) is 35.9 Å². The Hall–Kier alpha value is -2.16. The van der Waals surface area contributed by atoms with Crippen LogP contribution >= 0.6 is 0 Å². The van der Waals surface area contributed by atoms with Crippen molar-refractivity contribution < 1.29 is 24.5 Å². The van der Waals surface area contributed by atoms with E-state index in [-0.39, 0.29) is 18.4 Å². The van der Waals surface area contributed by atoms with Crippen LogP contribution in [0.1, 0.15) is 59.9 Å². The van der Waals surface area contributed by atoms with Crippen LogP contribution in [0.15, 0.2) is 30.3 Å². The van der Waals surface area contributed by atoms with Crippen LogP contribution in [0.25, 0.3) is 0 Å². The van der Waals surface area contributed by atoms with Crippen LogP contribution in [0.4, 0.5) is 4.79 Å². The first-order chi connectivity index (χ1) is 15.4. The normalized spacial score (nSPS) is 15.4. The number of amides is 2. The summed E-state index contributed by atoms with van der Waals surface area (Å²) in [6, 6.07) is 7.98. The van der Waals surface area contributed by atoms with Gasteiger partial charge in [0.25, 0.3) is 0 Å². The zero-order chi connectivity index (χ0) is 25.0. The van der Waals surface area contributed by atoms with Gasteiger partial charge in [0, 0.05) is 13.1 Å². The smallest absolute Gasteiger partial charge is 0.407 e. The summed E-state index contributed by atoms with van der Waals surface area (Å²) in [4.78, 5) is 25.1. The van der Waals surface area contributed by atoms with E-state index < -0.39 is 36.0 Å². The van der Waals surface area contributed by atoms with Gasteiger partial charge in [0.2, 0.25) is 5.91 Å². The highest BCUT2D eigenvalue weighted by molar-refractivity contribution is 5.82. The number of rotatable bonds is 13. The largest absolute Gasteiger partial charge is 0.444 e. The summed E-state index contributed by atoms with van der Waals surface area (Å²) in [5, 5.41) is 30.0. The Balaban J connectivity index is 2.90. The van der Waals surface area contributed by atoms with Gasteiger partial charge in [-0.3, -0.25) is 4.79 Å². The number of alkyl carbamates (subject to hydrolysis) is 1. The molecule has 0 aliphatic carbocycles. The van der Waals surface area contributed by atoms with Crippen molar-refractivity contribution in [3.63, 3.8) is 0 Å². The Kier molecular flexibility index (Phi) is 12.4. The predicted molar refractivity (Wildman–Crippen MR) is 130 cm³/mol. The molecule has 0 saturated carbocycles. The molecule has 0 saturated heterocycles. The van der Waals surface area contributed by atoms with E-state index in [2.05, 4.69) is 16.0 Å². The average Bonchev–Trinajstić information content (AvgIpc) is 2.71.